The maximum Gasteiger partial charge on any atom is 0.234 e. The SMILES string of the molecule is C#CCNC(=O)CN(C)C1CCOCC1. The Kier molecular flexibility index (Phi) is 5.16. The number of nitrogens with one attached hydrogen (secondary N) is 1. The molecule has 0 aromatic rings. The Balaban J connectivity index is 2.24. The average molecular weight is 210 g/mol. The van der Waals surface area contributed by atoms with Crippen molar-refractivity contribution < 1.29 is 9.53 Å². The second kappa shape index (κ2) is 6.44. The largest absolute Gasteiger partial charge is 0.381 e. The fourth-order valence-corrected chi connectivity index (χ4v) is 1.69. The molecular weight excluding hydrogens is 192 g/mol. The summed E-state index contributed by atoms with van der Waals surface area (Å²) >= 11 is 0. The van der Waals surface area contributed by atoms with Crippen molar-refractivity contribution in [1.82, 2.24) is 10.2 Å². The maximum absolute atomic E-state index is 11.4. The van der Waals surface area contributed by atoms with Crippen LogP contribution < -0.4 is 5.32 Å². The summed E-state index contributed by atoms with van der Waals surface area (Å²) < 4.78 is 5.27. The van der Waals surface area contributed by atoms with E-state index in [2.05, 4.69) is 16.1 Å². The summed E-state index contributed by atoms with van der Waals surface area (Å²) in [6, 6.07) is 0.454. The molecule has 0 radical (unpaired) electrons. The number of carbonyl (C=O) groups excluding carboxylic acids is 1. The molecule has 0 aliphatic carbocycles. The molecule has 84 valence electrons. The highest BCUT2D eigenvalue weighted by molar-refractivity contribution is 5.78. The van der Waals surface area contributed by atoms with Gasteiger partial charge in [0.05, 0.1) is 13.1 Å². The molecule has 1 N–H and O–H groups in total. The normalized spacial score (nSPS) is 17.4. The minimum absolute atomic E-state index is 0.0121. The van der Waals surface area contributed by atoms with Crippen LogP contribution in [0.25, 0.3) is 0 Å². The van der Waals surface area contributed by atoms with Gasteiger partial charge in [0.2, 0.25) is 5.91 Å². The Morgan fingerprint density at radius 1 is 1.60 bits per heavy atom. The first-order valence-corrected chi connectivity index (χ1v) is 5.22. The summed E-state index contributed by atoms with van der Waals surface area (Å²) in [4.78, 5) is 13.4. The molecule has 15 heavy (non-hydrogen) atoms. The average Bonchev–Trinajstić information content (AvgIpc) is 2.27. The Morgan fingerprint density at radius 3 is 2.87 bits per heavy atom. The summed E-state index contributed by atoms with van der Waals surface area (Å²) in [6.07, 6.45) is 7.05. The van der Waals surface area contributed by atoms with E-state index in [-0.39, 0.29) is 5.91 Å². The second-order valence-corrected chi connectivity index (χ2v) is 3.74. The molecule has 1 saturated heterocycles. The third-order valence-corrected chi connectivity index (χ3v) is 2.59. The molecule has 0 spiro atoms. The van der Waals surface area contributed by atoms with Crippen LogP contribution in [0.3, 0.4) is 0 Å². The number of hydrogen-bond acceptors (Lipinski definition) is 3. The number of carbonyl (C=O) groups is 1. The van der Waals surface area contributed by atoms with Crippen LogP contribution in [0.1, 0.15) is 12.8 Å². The highest BCUT2D eigenvalue weighted by Crippen LogP contribution is 2.11. The van der Waals surface area contributed by atoms with Gasteiger partial charge in [-0.15, -0.1) is 6.42 Å². The van der Waals surface area contributed by atoms with Gasteiger partial charge in [0.15, 0.2) is 0 Å². The summed E-state index contributed by atoms with van der Waals surface area (Å²) in [5.74, 6) is 2.37. The van der Waals surface area contributed by atoms with E-state index in [9.17, 15) is 4.79 Å². The number of ether oxygens (including phenoxy) is 1. The van der Waals surface area contributed by atoms with Gasteiger partial charge in [-0.3, -0.25) is 9.69 Å². The fourth-order valence-electron chi connectivity index (χ4n) is 1.69. The van der Waals surface area contributed by atoms with E-state index in [0.717, 1.165) is 26.1 Å². The number of hydrogen-bond donors (Lipinski definition) is 1. The van der Waals surface area contributed by atoms with Crippen LogP contribution in [0.2, 0.25) is 0 Å². The number of rotatable bonds is 4. The summed E-state index contributed by atoms with van der Waals surface area (Å²) in [5, 5.41) is 2.65. The van der Waals surface area contributed by atoms with Gasteiger partial charge in [0, 0.05) is 19.3 Å². The van der Waals surface area contributed by atoms with E-state index in [4.69, 9.17) is 11.2 Å². The first kappa shape index (κ1) is 12.0. The fraction of sp³-hybridized carbons (Fsp3) is 0.727. The van der Waals surface area contributed by atoms with Gasteiger partial charge in [0.1, 0.15) is 0 Å². The van der Waals surface area contributed by atoms with Crippen LogP contribution in [0.5, 0.6) is 0 Å². The van der Waals surface area contributed by atoms with Gasteiger partial charge in [-0.05, 0) is 19.9 Å². The Hall–Kier alpha value is -1.05. The minimum Gasteiger partial charge on any atom is -0.381 e. The molecule has 1 aliphatic heterocycles. The first-order valence-electron chi connectivity index (χ1n) is 5.22. The van der Waals surface area contributed by atoms with E-state index in [0.29, 0.717) is 19.1 Å². The third-order valence-electron chi connectivity index (χ3n) is 2.59. The summed E-state index contributed by atoms with van der Waals surface area (Å²) in [6.45, 7) is 2.30. The van der Waals surface area contributed by atoms with Crippen molar-refractivity contribution in [2.24, 2.45) is 0 Å². The second-order valence-electron chi connectivity index (χ2n) is 3.74. The lowest BCUT2D eigenvalue weighted by Gasteiger charge is -2.30. The number of amides is 1. The molecule has 0 aromatic heterocycles. The first-order chi connectivity index (χ1) is 7.24. The molecule has 4 nitrogen and oxygen atoms in total. The molecule has 0 atom stereocenters. The predicted molar refractivity (Wildman–Crippen MR) is 58.3 cm³/mol. The van der Waals surface area contributed by atoms with E-state index < -0.39 is 0 Å². The third kappa shape index (κ3) is 4.32. The topological polar surface area (TPSA) is 41.6 Å². The number of nitrogens with zero attached hydrogens (tertiary/aromatic N) is 1. The van der Waals surface area contributed by atoms with Gasteiger partial charge in [-0.25, -0.2) is 0 Å². The maximum atomic E-state index is 11.4. The lowest BCUT2D eigenvalue weighted by molar-refractivity contribution is -0.122. The van der Waals surface area contributed by atoms with Crippen molar-refractivity contribution in [3.05, 3.63) is 0 Å². The zero-order chi connectivity index (χ0) is 11.1. The standard InChI is InChI=1S/C11H18N2O2/c1-3-6-12-11(14)9-13(2)10-4-7-15-8-5-10/h1,10H,4-9H2,2H3,(H,12,14). The van der Waals surface area contributed by atoms with E-state index >= 15 is 0 Å². The van der Waals surface area contributed by atoms with Crippen LogP contribution in [0, 0.1) is 12.3 Å². The van der Waals surface area contributed by atoms with E-state index in [1.54, 1.807) is 0 Å². The Morgan fingerprint density at radius 2 is 2.27 bits per heavy atom. The molecule has 1 amide bonds. The lowest BCUT2D eigenvalue weighted by atomic mass is 10.1. The predicted octanol–water partition coefficient (Wildman–Crippen LogP) is -0.153. The highest BCUT2D eigenvalue weighted by atomic mass is 16.5. The summed E-state index contributed by atoms with van der Waals surface area (Å²) in [7, 11) is 1.96. The van der Waals surface area contributed by atoms with Gasteiger partial charge >= 0.3 is 0 Å². The van der Waals surface area contributed by atoms with Crippen LogP contribution in [0.15, 0.2) is 0 Å². The Labute approximate surface area is 91.0 Å². The van der Waals surface area contributed by atoms with Gasteiger partial charge in [-0.1, -0.05) is 5.92 Å². The van der Waals surface area contributed by atoms with Crippen LogP contribution >= 0.6 is 0 Å². The van der Waals surface area contributed by atoms with Crippen molar-refractivity contribution in [3.8, 4) is 12.3 Å². The molecular formula is C11H18N2O2. The van der Waals surface area contributed by atoms with Gasteiger partial charge in [-0.2, -0.15) is 0 Å². The zero-order valence-electron chi connectivity index (χ0n) is 9.16. The minimum atomic E-state index is -0.0121. The Bertz CT molecular complexity index is 241. The molecule has 1 rings (SSSR count). The smallest absolute Gasteiger partial charge is 0.234 e. The molecule has 4 heteroatoms. The molecule has 0 unspecified atom stereocenters. The number of likely N-dealkylation sites (N-methyl/N-ethyl adjacent to an activating group) is 1. The lowest BCUT2D eigenvalue weighted by Crippen LogP contribution is -2.43. The monoisotopic (exact) mass is 210 g/mol. The van der Waals surface area contributed by atoms with Crippen LogP contribution in [-0.2, 0) is 9.53 Å². The molecule has 1 fully saturated rings. The van der Waals surface area contributed by atoms with Crippen molar-refractivity contribution in [3.63, 3.8) is 0 Å². The van der Waals surface area contributed by atoms with Gasteiger partial charge < -0.3 is 10.1 Å². The van der Waals surface area contributed by atoms with E-state index in [1.807, 2.05) is 7.05 Å². The quantitative estimate of drug-likeness (QED) is 0.656. The molecule has 1 aliphatic rings. The van der Waals surface area contributed by atoms with Crippen LogP contribution in [0.4, 0.5) is 0 Å². The van der Waals surface area contributed by atoms with Crippen molar-refractivity contribution in [1.29, 1.82) is 0 Å². The van der Waals surface area contributed by atoms with Gasteiger partial charge in [0.25, 0.3) is 0 Å². The zero-order valence-corrected chi connectivity index (χ0v) is 9.16. The van der Waals surface area contributed by atoms with E-state index in [1.165, 1.54) is 0 Å². The molecule has 1 heterocycles. The van der Waals surface area contributed by atoms with Crippen molar-refractivity contribution in [2.45, 2.75) is 18.9 Å². The number of terminal acetylenes is 1. The highest BCUT2D eigenvalue weighted by Gasteiger charge is 2.19. The van der Waals surface area contributed by atoms with Crippen molar-refractivity contribution in [2.75, 3.05) is 33.4 Å². The summed E-state index contributed by atoms with van der Waals surface area (Å²) in [5.41, 5.74) is 0. The molecule has 0 bridgehead atoms. The molecule has 0 saturated carbocycles. The van der Waals surface area contributed by atoms with Crippen LogP contribution in [-0.4, -0.2) is 50.2 Å². The van der Waals surface area contributed by atoms with Crippen molar-refractivity contribution >= 4 is 5.91 Å². The molecule has 0 aromatic carbocycles.